The molecule has 0 unspecified atom stereocenters. The number of amides is 1. The molecule has 0 radical (unpaired) electrons. The molecule has 1 amide bonds. The van der Waals surface area contributed by atoms with Crippen LogP contribution < -0.4 is 0 Å². The summed E-state index contributed by atoms with van der Waals surface area (Å²) in [4.78, 5) is 20.4. The summed E-state index contributed by atoms with van der Waals surface area (Å²) in [6, 6.07) is 10.8. The monoisotopic (exact) mass is 404 g/mol. The van der Waals surface area contributed by atoms with Gasteiger partial charge in [0.1, 0.15) is 11.4 Å². The largest absolute Gasteiger partial charge is 0.360 e. The first-order chi connectivity index (χ1) is 14.7. The number of carbonyl (C=O) groups is 1. The van der Waals surface area contributed by atoms with Gasteiger partial charge in [0, 0.05) is 12.5 Å². The molecule has 156 valence electrons. The Morgan fingerprint density at radius 1 is 1.13 bits per heavy atom. The van der Waals surface area contributed by atoms with E-state index in [4.69, 9.17) is 9.72 Å². The molecule has 4 heterocycles. The lowest BCUT2D eigenvalue weighted by atomic mass is 9.77. The van der Waals surface area contributed by atoms with Gasteiger partial charge in [0.2, 0.25) is 5.91 Å². The average molecular weight is 405 g/mol. The summed E-state index contributed by atoms with van der Waals surface area (Å²) in [6.45, 7) is 0.690. The number of aromatic amines is 1. The summed E-state index contributed by atoms with van der Waals surface area (Å²) in [6.07, 6.45) is 11.9. The van der Waals surface area contributed by atoms with Gasteiger partial charge in [0.05, 0.1) is 24.5 Å². The Hall–Kier alpha value is -2.47. The molecule has 2 bridgehead atoms. The minimum absolute atomic E-state index is 0.0854. The van der Waals surface area contributed by atoms with Crippen molar-refractivity contribution in [1.82, 2.24) is 20.1 Å². The van der Waals surface area contributed by atoms with Crippen LogP contribution in [0.25, 0.3) is 0 Å². The minimum Gasteiger partial charge on any atom is -0.360 e. The van der Waals surface area contributed by atoms with E-state index >= 15 is 0 Å². The first-order valence-corrected chi connectivity index (χ1v) is 11.4. The number of hydrogen-bond acceptors (Lipinski definition) is 4. The maximum Gasteiger partial charge on any atom is 0.230 e. The molecule has 3 aliphatic heterocycles. The van der Waals surface area contributed by atoms with Crippen LogP contribution in [-0.4, -0.2) is 50.3 Å². The highest BCUT2D eigenvalue weighted by Gasteiger charge is 2.66. The van der Waals surface area contributed by atoms with E-state index in [0.29, 0.717) is 12.6 Å². The third-order valence-electron chi connectivity index (χ3n) is 7.49. The standard InChI is InChI=1S/C24H28N4O2/c29-23-21-20(22-25-19(26-27-22)12-11-16-7-3-1-4-8-16)18-13-14-24(21,30-18)15-28(23)17-9-5-2-6-10-17/h1,3-4,7-8,13-14,17-18,20-21H,2,5-6,9-12,15H2,(H,25,26,27)/t18-,20+,21-,24-/m0/s1. The van der Waals surface area contributed by atoms with E-state index in [1.807, 2.05) is 6.07 Å². The molecule has 2 saturated heterocycles. The molecule has 30 heavy (non-hydrogen) atoms. The molecule has 1 saturated carbocycles. The Morgan fingerprint density at radius 3 is 2.80 bits per heavy atom. The quantitative estimate of drug-likeness (QED) is 0.777. The number of ether oxygens (including phenoxy) is 1. The molecule has 1 N–H and O–H groups in total. The fraction of sp³-hybridized carbons (Fsp3) is 0.542. The summed E-state index contributed by atoms with van der Waals surface area (Å²) in [5.41, 5.74) is 0.809. The molecule has 4 atom stereocenters. The maximum atomic E-state index is 13.5. The normalized spacial score (nSPS) is 32.9. The molecule has 3 fully saturated rings. The molecule has 1 aromatic heterocycles. The molecular formula is C24H28N4O2. The number of H-pyrrole nitrogens is 1. The van der Waals surface area contributed by atoms with Gasteiger partial charge >= 0.3 is 0 Å². The molecular weight excluding hydrogens is 376 g/mol. The lowest BCUT2D eigenvalue weighted by Crippen LogP contribution is -2.41. The van der Waals surface area contributed by atoms with E-state index in [0.717, 1.165) is 37.3 Å². The highest BCUT2D eigenvalue weighted by Crippen LogP contribution is 2.55. The van der Waals surface area contributed by atoms with E-state index in [-0.39, 0.29) is 23.8 Å². The smallest absolute Gasteiger partial charge is 0.230 e. The van der Waals surface area contributed by atoms with Crippen LogP contribution >= 0.6 is 0 Å². The maximum absolute atomic E-state index is 13.5. The Balaban J connectivity index is 1.22. The minimum atomic E-state index is -0.477. The number of benzene rings is 1. The number of nitrogens with one attached hydrogen (secondary N) is 1. The van der Waals surface area contributed by atoms with E-state index in [2.05, 4.69) is 51.5 Å². The zero-order chi connectivity index (χ0) is 20.1. The SMILES string of the molecule is O=C1[C@@H]2[C@H](c3n[nH]c(CCc4ccccc4)n3)[C@@H]3C=C[C@@]2(CN1C1CCCCC1)O3. The van der Waals surface area contributed by atoms with Crippen molar-refractivity contribution in [2.24, 2.45) is 5.92 Å². The summed E-state index contributed by atoms with van der Waals surface area (Å²) in [5, 5.41) is 7.65. The van der Waals surface area contributed by atoms with Gasteiger partial charge < -0.3 is 9.64 Å². The summed E-state index contributed by atoms with van der Waals surface area (Å²) >= 11 is 0. The zero-order valence-electron chi connectivity index (χ0n) is 17.2. The van der Waals surface area contributed by atoms with Crippen molar-refractivity contribution in [1.29, 1.82) is 0 Å². The van der Waals surface area contributed by atoms with Crippen molar-refractivity contribution in [3.63, 3.8) is 0 Å². The predicted molar refractivity (Wildman–Crippen MR) is 112 cm³/mol. The van der Waals surface area contributed by atoms with Crippen molar-refractivity contribution in [2.75, 3.05) is 6.54 Å². The topological polar surface area (TPSA) is 71.1 Å². The number of rotatable bonds is 5. The van der Waals surface area contributed by atoms with Gasteiger partial charge in [-0.15, -0.1) is 0 Å². The fourth-order valence-corrected chi connectivity index (χ4v) is 6.00. The number of fused-ring (bicyclic) bond motifs is 1. The highest BCUT2D eigenvalue weighted by molar-refractivity contribution is 5.86. The van der Waals surface area contributed by atoms with Gasteiger partial charge in [0.15, 0.2) is 5.82 Å². The number of carbonyl (C=O) groups excluding carboxylic acids is 1. The number of aromatic nitrogens is 3. The lowest BCUT2D eigenvalue weighted by molar-refractivity contribution is -0.134. The van der Waals surface area contributed by atoms with E-state index < -0.39 is 5.60 Å². The molecule has 1 spiro atoms. The van der Waals surface area contributed by atoms with Crippen LogP contribution in [0.3, 0.4) is 0 Å². The third kappa shape index (κ3) is 2.84. The van der Waals surface area contributed by atoms with Gasteiger partial charge in [-0.3, -0.25) is 9.89 Å². The summed E-state index contributed by atoms with van der Waals surface area (Å²) < 4.78 is 6.41. The molecule has 6 rings (SSSR count). The first-order valence-electron chi connectivity index (χ1n) is 11.4. The second-order valence-electron chi connectivity index (χ2n) is 9.28. The molecule has 2 aromatic rings. The fourth-order valence-electron chi connectivity index (χ4n) is 6.00. The van der Waals surface area contributed by atoms with Gasteiger partial charge in [-0.25, -0.2) is 4.98 Å². The van der Waals surface area contributed by atoms with E-state index in [1.54, 1.807) is 0 Å². The second kappa shape index (κ2) is 7.05. The zero-order valence-corrected chi connectivity index (χ0v) is 17.2. The Kier molecular flexibility index (Phi) is 4.30. The molecule has 1 aliphatic carbocycles. The average Bonchev–Trinajstić information content (AvgIpc) is 3.55. The number of hydrogen-bond donors (Lipinski definition) is 1. The molecule has 6 nitrogen and oxygen atoms in total. The highest BCUT2D eigenvalue weighted by atomic mass is 16.5. The van der Waals surface area contributed by atoms with Gasteiger partial charge in [-0.1, -0.05) is 61.7 Å². The lowest BCUT2D eigenvalue weighted by Gasteiger charge is -2.32. The number of likely N-dealkylation sites (tertiary alicyclic amines) is 1. The third-order valence-corrected chi connectivity index (χ3v) is 7.49. The molecule has 6 heteroatoms. The van der Waals surface area contributed by atoms with Crippen LogP contribution in [0.2, 0.25) is 0 Å². The van der Waals surface area contributed by atoms with Crippen LogP contribution in [0.15, 0.2) is 42.5 Å². The number of aryl methyl sites for hydroxylation is 2. The Morgan fingerprint density at radius 2 is 1.97 bits per heavy atom. The summed E-state index contributed by atoms with van der Waals surface area (Å²) in [5.74, 6) is 1.58. The van der Waals surface area contributed by atoms with Crippen molar-refractivity contribution >= 4 is 5.91 Å². The Labute approximate surface area is 176 Å². The van der Waals surface area contributed by atoms with Gasteiger partial charge in [-0.05, 0) is 24.8 Å². The van der Waals surface area contributed by atoms with Crippen LogP contribution in [0.1, 0.15) is 55.2 Å². The van der Waals surface area contributed by atoms with Crippen molar-refractivity contribution < 1.29 is 9.53 Å². The van der Waals surface area contributed by atoms with Crippen LogP contribution in [0, 0.1) is 5.92 Å². The van der Waals surface area contributed by atoms with Gasteiger partial charge in [-0.2, -0.15) is 5.10 Å². The van der Waals surface area contributed by atoms with Crippen molar-refractivity contribution in [3.05, 3.63) is 59.7 Å². The van der Waals surface area contributed by atoms with Gasteiger partial charge in [0.25, 0.3) is 0 Å². The molecule has 4 aliphatic rings. The van der Waals surface area contributed by atoms with Crippen molar-refractivity contribution in [2.45, 2.75) is 68.6 Å². The van der Waals surface area contributed by atoms with Crippen LogP contribution in [-0.2, 0) is 22.4 Å². The van der Waals surface area contributed by atoms with Crippen LogP contribution in [0.5, 0.6) is 0 Å². The second-order valence-corrected chi connectivity index (χ2v) is 9.28. The summed E-state index contributed by atoms with van der Waals surface area (Å²) in [7, 11) is 0. The van der Waals surface area contributed by atoms with E-state index in [1.165, 1.54) is 24.8 Å². The predicted octanol–water partition coefficient (Wildman–Crippen LogP) is 3.17. The molecule has 1 aromatic carbocycles. The van der Waals surface area contributed by atoms with E-state index in [9.17, 15) is 4.79 Å². The van der Waals surface area contributed by atoms with Crippen molar-refractivity contribution in [3.8, 4) is 0 Å². The van der Waals surface area contributed by atoms with Crippen LogP contribution in [0.4, 0.5) is 0 Å². The Bertz CT molecular complexity index is 965. The first kappa shape index (κ1) is 18.3. The number of nitrogens with zero attached hydrogens (tertiary/aromatic N) is 3.